The van der Waals surface area contributed by atoms with Crippen LogP contribution in [-0.2, 0) is 0 Å². The van der Waals surface area contributed by atoms with Gasteiger partial charge in [0, 0.05) is 31.7 Å². The topological polar surface area (TPSA) is 64.6 Å². The maximum Gasteiger partial charge on any atom is 0.315 e. The van der Waals surface area contributed by atoms with Gasteiger partial charge in [-0.3, -0.25) is 0 Å². The summed E-state index contributed by atoms with van der Waals surface area (Å²) in [4.78, 5) is 14.5. The Balaban J connectivity index is 1.64. The van der Waals surface area contributed by atoms with Crippen LogP contribution in [0.4, 0.5) is 4.79 Å². The quantitative estimate of drug-likeness (QED) is 0.745. The second kappa shape index (κ2) is 7.64. The van der Waals surface area contributed by atoms with Gasteiger partial charge in [0.25, 0.3) is 0 Å². The molecular formula is C17H33N3O2. The van der Waals surface area contributed by atoms with Crippen molar-refractivity contribution in [1.29, 1.82) is 0 Å². The summed E-state index contributed by atoms with van der Waals surface area (Å²) < 4.78 is 0. The first-order valence-corrected chi connectivity index (χ1v) is 8.83. The van der Waals surface area contributed by atoms with Crippen molar-refractivity contribution in [1.82, 2.24) is 15.5 Å². The Bertz CT molecular complexity index is 353. The van der Waals surface area contributed by atoms with Gasteiger partial charge in [0.2, 0.25) is 0 Å². The van der Waals surface area contributed by atoms with Crippen LogP contribution in [0.15, 0.2) is 0 Å². The number of carbonyl (C=O) groups excluding carboxylic acids is 1. The van der Waals surface area contributed by atoms with E-state index in [9.17, 15) is 9.90 Å². The molecule has 1 aliphatic carbocycles. The lowest BCUT2D eigenvalue weighted by Crippen LogP contribution is -2.51. The number of hydrogen-bond acceptors (Lipinski definition) is 3. The molecule has 2 amide bonds. The number of nitrogens with one attached hydrogen (secondary N) is 2. The van der Waals surface area contributed by atoms with E-state index in [1.54, 1.807) is 0 Å². The zero-order valence-electron chi connectivity index (χ0n) is 14.4. The van der Waals surface area contributed by atoms with Gasteiger partial charge in [0.15, 0.2) is 0 Å². The third-order valence-electron chi connectivity index (χ3n) is 5.16. The zero-order chi connectivity index (χ0) is 16.2. The summed E-state index contributed by atoms with van der Waals surface area (Å²) in [5.41, 5.74) is -0.208. The molecule has 5 heteroatoms. The number of aliphatic hydroxyl groups is 1. The molecule has 0 spiro atoms. The van der Waals surface area contributed by atoms with E-state index >= 15 is 0 Å². The third kappa shape index (κ3) is 5.13. The predicted octanol–water partition coefficient (Wildman–Crippen LogP) is 2.10. The number of rotatable bonds is 4. The molecule has 2 rings (SSSR count). The fourth-order valence-corrected chi connectivity index (χ4v) is 3.41. The van der Waals surface area contributed by atoms with Gasteiger partial charge < -0.3 is 20.6 Å². The number of urea groups is 1. The molecule has 1 heterocycles. The monoisotopic (exact) mass is 311 g/mol. The first-order valence-electron chi connectivity index (χ1n) is 8.83. The molecule has 1 unspecified atom stereocenters. The van der Waals surface area contributed by atoms with E-state index in [1.165, 1.54) is 25.7 Å². The van der Waals surface area contributed by atoms with E-state index in [0.29, 0.717) is 6.54 Å². The summed E-state index contributed by atoms with van der Waals surface area (Å²) in [6.07, 6.45) is 7.00. The van der Waals surface area contributed by atoms with E-state index in [-0.39, 0.29) is 17.5 Å². The Kier molecular flexibility index (Phi) is 6.09. The van der Waals surface area contributed by atoms with E-state index in [0.717, 1.165) is 32.0 Å². The van der Waals surface area contributed by atoms with Crippen LogP contribution in [0.1, 0.15) is 59.3 Å². The van der Waals surface area contributed by atoms with Gasteiger partial charge in [-0.05, 0) is 31.1 Å². The number of aliphatic hydroxyl groups excluding tert-OH is 1. The summed E-state index contributed by atoms with van der Waals surface area (Å²) in [7, 11) is 0. The van der Waals surface area contributed by atoms with E-state index in [2.05, 4.69) is 15.5 Å². The fourth-order valence-electron chi connectivity index (χ4n) is 3.41. The molecule has 5 nitrogen and oxygen atoms in total. The van der Waals surface area contributed by atoms with Gasteiger partial charge in [0.1, 0.15) is 0 Å². The molecule has 1 saturated carbocycles. The molecular weight excluding hydrogens is 278 g/mol. The summed E-state index contributed by atoms with van der Waals surface area (Å²) in [5, 5.41) is 15.8. The van der Waals surface area contributed by atoms with Crippen LogP contribution < -0.4 is 10.6 Å². The Morgan fingerprint density at radius 1 is 1.18 bits per heavy atom. The Morgan fingerprint density at radius 3 is 2.32 bits per heavy atom. The molecule has 1 atom stereocenters. The van der Waals surface area contributed by atoms with Crippen molar-refractivity contribution >= 4 is 6.03 Å². The van der Waals surface area contributed by atoms with Gasteiger partial charge in [0.05, 0.1) is 6.10 Å². The molecule has 1 aliphatic heterocycles. The van der Waals surface area contributed by atoms with Crippen molar-refractivity contribution in [3.63, 3.8) is 0 Å². The maximum absolute atomic E-state index is 11.9. The Labute approximate surface area is 134 Å². The lowest BCUT2D eigenvalue weighted by molar-refractivity contribution is 0.0646. The maximum atomic E-state index is 11.9. The van der Waals surface area contributed by atoms with Gasteiger partial charge in [-0.15, -0.1) is 0 Å². The Hall–Kier alpha value is -0.810. The molecule has 2 fully saturated rings. The molecule has 0 aromatic carbocycles. The number of hydrogen-bond donors (Lipinski definition) is 3. The minimum absolute atomic E-state index is 0.150. The largest absolute Gasteiger partial charge is 0.391 e. The highest BCUT2D eigenvalue weighted by Crippen LogP contribution is 2.26. The van der Waals surface area contributed by atoms with Crippen molar-refractivity contribution in [3.8, 4) is 0 Å². The average Bonchev–Trinajstić information content (AvgIpc) is 2.98. The number of nitrogens with zero attached hydrogens (tertiary/aromatic N) is 1. The standard InChI is InChI=1S/C17H33N3O2/c1-17(2,3)15(21)12-18-16(22)19-13-8-10-20(11-9-13)14-6-4-5-7-14/h13-15,21H,4-12H2,1-3H3,(H2,18,19,22). The third-order valence-corrected chi connectivity index (χ3v) is 5.16. The number of piperidine rings is 1. The molecule has 22 heavy (non-hydrogen) atoms. The van der Waals surface area contributed by atoms with Crippen LogP contribution in [0.25, 0.3) is 0 Å². The molecule has 0 aromatic rings. The lowest BCUT2D eigenvalue weighted by Gasteiger charge is -2.36. The van der Waals surface area contributed by atoms with Gasteiger partial charge in [-0.1, -0.05) is 33.6 Å². The first kappa shape index (κ1) is 17.5. The van der Waals surface area contributed by atoms with Crippen LogP contribution in [0.3, 0.4) is 0 Å². The van der Waals surface area contributed by atoms with Crippen molar-refractivity contribution in [2.45, 2.75) is 77.5 Å². The number of amides is 2. The number of likely N-dealkylation sites (tertiary alicyclic amines) is 1. The summed E-state index contributed by atoms with van der Waals surface area (Å²) >= 11 is 0. The lowest BCUT2D eigenvalue weighted by atomic mass is 9.89. The summed E-state index contributed by atoms with van der Waals surface area (Å²) in [6, 6.07) is 0.906. The van der Waals surface area contributed by atoms with Crippen LogP contribution in [0.5, 0.6) is 0 Å². The minimum atomic E-state index is -0.525. The van der Waals surface area contributed by atoms with E-state index in [1.807, 2.05) is 20.8 Å². The highest BCUT2D eigenvalue weighted by molar-refractivity contribution is 5.74. The van der Waals surface area contributed by atoms with Crippen LogP contribution in [0, 0.1) is 5.41 Å². The van der Waals surface area contributed by atoms with Gasteiger partial charge >= 0.3 is 6.03 Å². The normalized spacial score (nSPS) is 23.5. The second-order valence-corrected chi connectivity index (χ2v) is 7.98. The first-order chi connectivity index (χ1) is 10.4. The average molecular weight is 311 g/mol. The summed E-state index contributed by atoms with van der Waals surface area (Å²) in [6.45, 7) is 8.40. The van der Waals surface area contributed by atoms with Crippen molar-refractivity contribution in [2.24, 2.45) is 5.41 Å². The van der Waals surface area contributed by atoms with Crippen LogP contribution in [0.2, 0.25) is 0 Å². The molecule has 128 valence electrons. The molecule has 0 bridgehead atoms. The zero-order valence-corrected chi connectivity index (χ0v) is 14.4. The van der Waals surface area contributed by atoms with Gasteiger partial charge in [-0.2, -0.15) is 0 Å². The fraction of sp³-hybridized carbons (Fsp3) is 0.941. The molecule has 1 saturated heterocycles. The second-order valence-electron chi connectivity index (χ2n) is 7.98. The number of carbonyl (C=O) groups is 1. The van der Waals surface area contributed by atoms with Crippen molar-refractivity contribution in [2.75, 3.05) is 19.6 Å². The predicted molar refractivity (Wildman–Crippen MR) is 88.8 cm³/mol. The summed E-state index contributed by atoms with van der Waals surface area (Å²) in [5.74, 6) is 0. The molecule has 3 N–H and O–H groups in total. The van der Waals surface area contributed by atoms with E-state index in [4.69, 9.17) is 0 Å². The highest BCUT2D eigenvalue weighted by Gasteiger charge is 2.28. The SMILES string of the molecule is CC(C)(C)C(O)CNC(=O)NC1CCN(C2CCCC2)CC1. The Morgan fingerprint density at radius 2 is 1.77 bits per heavy atom. The smallest absolute Gasteiger partial charge is 0.315 e. The van der Waals surface area contributed by atoms with E-state index < -0.39 is 6.10 Å². The molecule has 0 aromatic heterocycles. The van der Waals surface area contributed by atoms with Gasteiger partial charge in [-0.25, -0.2) is 4.79 Å². The van der Waals surface area contributed by atoms with Crippen LogP contribution >= 0.6 is 0 Å². The molecule has 2 aliphatic rings. The van der Waals surface area contributed by atoms with Crippen molar-refractivity contribution < 1.29 is 9.90 Å². The van der Waals surface area contributed by atoms with Crippen LogP contribution in [-0.4, -0.2) is 53.9 Å². The molecule has 0 radical (unpaired) electrons. The van der Waals surface area contributed by atoms with Crippen molar-refractivity contribution in [3.05, 3.63) is 0 Å². The highest BCUT2D eigenvalue weighted by atomic mass is 16.3. The minimum Gasteiger partial charge on any atom is -0.391 e.